The van der Waals surface area contributed by atoms with Crippen molar-refractivity contribution in [3.05, 3.63) is 0 Å². The molecule has 1 aliphatic carbocycles. The third kappa shape index (κ3) is 4.16. The molecule has 1 heterocycles. The zero-order chi connectivity index (χ0) is 13.9. The maximum atomic E-state index is 11.5. The number of esters is 1. The summed E-state index contributed by atoms with van der Waals surface area (Å²) >= 11 is 0. The summed E-state index contributed by atoms with van der Waals surface area (Å²) in [5.74, 6) is -0.314. The molecule has 0 spiro atoms. The van der Waals surface area contributed by atoms with Crippen LogP contribution in [0, 0.1) is 0 Å². The normalized spacial score (nSPS) is 25.0. The number of carbonyl (C=O) groups excluding carboxylic acids is 1. The van der Waals surface area contributed by atoms with Gasteiger partial charge in [-0.15, -0.1) is 0 Å². The van der Waals surface area contributed by atoms with Crippen LogP contribution in [0.3, 0.4) is 0 Å². The molecule has 5 heteroatoms. The second kappa shape index (κ2) is 6.20. The van der Waals surface area contributed by atoms with Crippen LogP contribution >= 0.6 is 0 Å². The molecule has 0 amide bonds. The number of rotatable bonds is 6. The summed E-state index contributed by atoms with van der Waals surface area (Å²) in [5, 5.41) is 0. The first kappa shape index (κ1) is 14.8. The van der Waals surface area contributed by atoms with E-state index in [1.807, 2.05) is 0 Å². The maximum Gasteiger partial charge on any atom is 0.325 e. The molecule has 1 aliphatic heterocycles. The number of piperazine rings is 1. The smallest absolute Gasteiger partial charge is 0.325 e. The lowest BCUT2D eigenvalue weighted by Crippen LogP contribution is -2.49. The van der Waals surface area contributed by atoms with Crippen LogP contribution in [0.2, 0.25) is 0 Å². The Kier molecular flexibility index (Phi) is 4.81. The molecule has 0 aromatic carbocycles. The van der Waals surface area contributed by atoms with Crippen LogP contribution < -0.4 is 5.73 Å². The predicted octanol–water partition coefficient (Wildman–Crippen LogP) is 0.437. The summed E-state index contributed by atoms with van der Waals surface area (Å²) in [4.78, 5) is 16.6. The summed E-state index contributed by atoms with van der Waals surface area (Å²) in [5.41, 5.74) is 5.11. The lowest BCUT2D eigenvalue weighted by molar-refractivity contribution is -0.146. The molecular formula is C14H27N3O2. The van der Waals surface area contributed by atoms with Crippen molar-refractivity contribution in [1.29, 1.82) is 0 Å². The van der Waals surface area contributed by atoms with Gasteiger partial charge in [0.2, 0.25) is 0 Å². The second-order valence-corrected chi connectivity index (χ2v) is 6.12. The highest BCUT2D eigenvalue weighted by Gasteiger charge is 2.32. The maximum absolute atomic E-state index is 11.5. The van der Waals surface area contributed by atoms with Crippen molar-refractivity contribution in [2.24, 2.45) is 5.73 Å². The first-order chi connectivity index (χ1) is 9.03. The van der Waals surface area contributed by atoms with Crippen molar-refractivity contribution in [2.75, 3.05) is 39.8 Å². The SMILES string of the molecule is COC(=O)C(C)(N)CCCN1CCN(C2CC2)CC1. The summed E-state index contributed by atoms with van der Waals surface area (Å²) in [6.45, 7) is 7.47. The summed E-state index contributed by atoms with van der Waals surface area (Å²) in [6.07, 6.45) is 4.42. The summed E-state index contributed by atoms with van der Waals surface area (Å²) in [7, 11) is 1.39. The fourth-order valence-corrected chi connectivity index (χ4v) is 2.80. The molecule has 5 nitrogen and oxygen atoms in total. The minimum atomic E-state index is -0.843. The number of nitrogens with zero attached hydrogens (tertiary/aromatic N) is 2. The molecule has 2 fully saturated rings. The average molecular weight is 269 g/mol. The highest BCUT2D eigenvalue weighted by Crippen LogP contribution is 2.27. The Balaban J connectivity index is 1.62. The second-order valence-electron chi connectivity index (χ2n) is 6.12. The van der Waals surface area contributed by atoms with E-state index in [0.29, 0.717) is 6.42 Å². The number of hydrogen-bond acceptors (Lipinski definition) is 5. The number of hydrogen-bond donors (Lipinski definition) is 1. The minimum Gasteiger partial charge on any atom is -0.468 e. The topological polar surface area (TPSA) is 58.8 Å². The molecule has 2 rings (SSSR count). The molecule has 0 bridgehead atoms. The molecule has 2 aliphatic rings. The first-order valence-electron chi connectivity index (χ1n) is 7.36. The van der Waals surface area contributed by atoms with E-state index >= 15 is 0 Å². The van der Waals surface area contributed by atoms with E-state index in [1.54, 1.807) is 6.92 Å². The third-order valence-corrected chi connectivity index (χ3v) is 4.29. The van der Waals surface area contributed by atoms with Gasteiger partial charge in [-0.05, 0) is 39.2 Å². The summed E-state index contributed by atoms with van der Waals surface area (Å²) in [6, 6.07) is 0.883. The molecule has 1 atom stereocenters. The van der Waals surface area contributed by atoms with Gasteiger partial charge in [-0.25, -0.2) is 0 Å². The molecule has 1 saturated heterocycles. The molecule has 0 radical (unpaired) electrons. The minimum absolute atomic E-state index is 0.314. The van der Waals surface area contributed by atoms with Gasteiger partial charge in [0.1, 0.15) is 5.54 Å². The van der Waals surface area contributed by atoms with Crippen LogP contribution in [0.15, 0.2) is 0 Å². The van der Waals surface area contributed by atoms with Crippen molar-refractivity contribution in [3.63, 3.8) is 0 Å². The van der Waals surface area contributed by atoms with E-state index < -0.39 is 5.54 Å². The Labute approximate surface area is 116 Å². The highest BCUT2D eigenvalue weighted by molar-refractivity contribution is 5.79. The van der Waals surface area contributed by atoms with Crippen LogP contribution in [0.25, 0.3) is 0 Å². The van der Waals surface area contributed by atoms with E-state index in [9.17, 15) is 4.79 Å². The Morgan fingerprint density at radius 3 is 2.47 bits per heavy atom. The van der Waals surface area contributed by atoms with E-state index in [2.05, 4.69) is 9.80 Å². The van der Waals surface area contributed by atoms with Crippen LogP contribution in [-0.4, -0.2) is 67.2 Å². The number of carbonyl (C=O) groups is 1. The third-order valence-electron chi connectivity index (χ3n) is 4.29. The zero-order valence-corrected chi connectivity index (χ0v) is 12.2. The van der Waals surface area contributed by atoms with Crippen LogP contribution in [0.4, 0.5) is 0 Å². The molecule has 2 N–H and O–H groups in total. The molecular weight excluding hydrogens is 242 g/mol. The van der Waals surface area contributed by atoms with Gasteiger partial charge >= 0.3 is 5.97 Å². The Hall–Kier alpha value is -0.650. The van der Waals surface area contributed by atoms with Crippen LogP contribution in [-0.2, 0) is 9.53 Å². The molecule has 19 heavy (non-hydrogen) atoms. The molecule has 1 saturated carbocycles. The molecule has 0 aromatic heterocycles. The largest absolute Gasteiger partial charge is 0.468 e. The summed E-state index contributed by atoms with van der Waals surface area (Å²) < 4.78 is 4.72. The van der Waals surface area contributed by atoms with E-state index in [4.69, 9.17) is 10.5 Å². The fraction of sp³-hybridized carbons (Fsp3) is 0.929. The van der Waals surface area contributed by atoms with Crippen LogP contribution in [0.1, 0.15) is 32.6 Å². The number of nitrogens with two attached hydrogens (primary N) is 1. The molecule has 110 valence electrons. The van der Waals surface area contributed by atoms with Gasteiger partial charge in [0.05, 0.1) is 7.11 Å². The van der Waals surface area contributed by atoms with Crippen molar-refractivity contribution in [2.45, 2.75) is 44.2 Å². The van der Waals surface area contributed by atoms with Gasteiger partial charge in [-0.3, -0.25) is 9.69 Å². The van der Waals surface area contributed by atoms with Crippen molar-refractivity contribution >= 4 is 5.97 Å². The van der Waals surface area contributed by atoms with Gasteiger partial charge in [0, 0.05) is 32.2 Å². The van der Waals surface area contributed by atoms with Gasteiger partial charge in [-0.1, -0.05) is 0 Å². The predicted molar refractivity (Wildman–Crippen MR) is 74.9 cm³/mol. The van der Waals surface area contributed by atoms with Gasteiger partial charge in [0.25, 0.3) is 0 Å². The Bertz CT molecular complexity index is 308. The van der Waals surface area contributed by atoms with E-state index in [0.717, 1.165) is 32.1 Å². The van der Waals surface area contributed by atoms with Crippen molar-refractivity contribution < 1.29 is 9.53 Å². The first-order valence-corrected chi connectivity index (χ1v) is 7.36. The van der Waals surface area contributed by atoms with Gasteiger partial charge in [0.15, 0.2) is 0 Å². The van der Waals surface area contributed by atoms with Crippen molar-refractivity contribution in [1.82, 2.24) is 9.80 Å². The number of ether oxygens (including phenoxy) is 1. The van der Waals surface area contributed by atoms with Crippen LogP contribution in [0.5, 0.6) is 0 Å². The van der Waals surface area contributed by atoms with Gasteiger partial charge in [-0.2, -0.15) is 0 Å². The quantitative estimate of drug-likeness (QED) is 0.709. The van der Waals surface area contributed by atoms with E-state index in [-0.39, 0.29) is 5.97 Å². The molecule has 0 aromatic rings. The lowest BCUT2D eigenvalue weighted by Gasteiger charge is -2.35. The molecule has 1 unspecified atom stereocenters. The number of methoxy groups -OCH3 is 1. The highest BCUT2D eigenvalue weighted by atomic mass is 16.5. The standard InChI is InChI=1S/C14H27N3O2/c1-14(15,13(18)19-2)6-3-7-16-8-10-17(11-9-16)12-4-5-12/h12H,3-11,15H2,1-2H3. The fourth-order valence-electron chi connectivity index (χ4n) is 2.80. The van der Waals surface area contributed by atoms with Crippen molar-refractivity contribution in [3.8, 4) is 0 Å². The zero-order valence-electron chi connectivity index (χ0n) is 12.2. The average Bonchev–Trinajstić information content (AvgIpc) is 3.22. The monoisotopic (exact) mass is 269 g/mol. The van der Waals surface area contributed by atoms with E-state index in [1.165, 1.54) is 33.0 Å². The Morgan fingerprint density at radius 1 is 1.32 bits per heavy atom. The lowest BCUT2D eigenvalue weighted by atomic mass is 9.97. The van der Waals surface area contributed by atoms with Gasteiger partial charge < -0.3 is 15.4 Å². The Morgan fingerprint density at radius 2 is 1.95 bits per heavy atom.